The Morgan fingerprint density at radius 3 is 2.78 bits per heavy atom. The molecule has 0 aliphatic heterocycles. The molecule has 0 radical (unpaired) electrons. The zero-order chi connectivity index (χ0) is 13.2. The minimum Gasteiger partial charge on any atom is -0.495 e. The molecule has 2 aromatic rings. The van der Waals surface area contributed by atoms with E-state index in [1.54, 1.807) is 0 Å². The van der Waals surface area contributed by atoms with Crippen LogP contribution in [0.2, 0.25) is 0 Å². The second kappa shape index (κ2) is 4.57. The number of nitrogens with zero attached hydrogens (tertiary/aromatic N) is 1. The van der Waals surface area contributed by atoms with Crippen LogP contribution < -0.4 is 15.2 Å². The number of sulfonamides is 1. The van der Waals surface area contributed by atoms with Gasteiger partial charge in [-0.1, -0.05) is 5.16 Å². The number of hydrogen-bond donors (Lipinski definition) is 2. The number of nitrogens with one attached hydrogen (secondary N) is 1. The van der Waals surface area contributed by atoms with Crippen LogP contribution in [0.25, 0.3) is 0 Å². The zero-order valence-electron chi connectivity index (χ0n) is 9.45. The molecule has 0 spiro atoms. The molecule has 1 aromatic heterocycles. The number of benzene rings is 1. The zero-order valence-corrected chi connectivity index (χ0v) is 10.3. The molecule has 0 amide bonds. The Balaban J connectivity index is 2.41. The highest BCUT2D eigenvalue weighted by Crippen LogP contribution is 2.27. The molecule has 8 heteroatoms. The van der Waals surface area contributed by atoms with Crippen molar-refractivity contribution in [3.63, 3.8) is 0 Å². The number of anilines is 2. The lowest BCUT2D eigenvalue weighted by molar-refractivity contribution is 0.403. The standard InChI is InChI=1S/C10H11N3O4S/c1-16-8-6-7(11)2-3-9(8)18(14,15)13-10-4-5-17-12-10/h2-6H,11H2,1H3,(H,12,13). The molecule has 18 heavy (non-hydrogen) atoms. The van der Waals surface area contributed by atoms with Crippen LogP contribution >= 0.6 is 0 Å². The SMILES string of the molecule is COc1cc(N)ccc1S(=O)(=O)Nc1ccon1. The van der Waals surface area contributed by atoms with Crippen molar-refractivity contribution in [3.8, 4) is 5.75 Å². The van der Waals surface area contributed by atoms with Crippen LogP contribution in [0.3, 0.4) is 0 Å². The van der Waals surface area contributed by atoms with E-state index in [9.17, 15) is 8.42 Å². The molecule has 0 bridgehead atoms. The van der Waals surface area contributed by atoms with E-state index in [1.165, 1.54) is 37.6 Å². The minimum absolute atomic E-state index is 0.0257. The van der Waals surface area contributed by atoms with Crippen LogP contribution in [0.4, 0.5) is 11.5 Å². The lowest BCUT2D eigenvalue weighted by Crippen LogP contribution is -2.14. The summed E-state index contributed by atoms with van der Waals surface area (Å²) in [6.07, 6.45) is 1.26. The number of ether oxygens (including phenoxy) is 1. The molecule has 0 saturated carbocycles. The van der Waals surface area contributed by atoms with Gasteiger partial charge in [-0.15, -0.1) is 0 Å². The van der Waals surface area contributed by atoms with Gasteiger partial charge in [0.25, 0.3) is 10.0 Å². The third-order valence-electron chi connectivity index (χ3n) is 2.15. The molecule has 0 atom stereocenters. The summed E-state index contributed by atoms with van der Waals surface area (Å²) in [5.74, 6) is 0.250. The van der Waals surface area contributed by atoms with Crippen LogP contribution in [0.15, 0.2) is 39.9 Å². The number of aromatic nitrogens is 1. The molecule has 7 nitrogen and oxygen atoms in total. The predicted molar refractivity (Wildman–Crippen MR) is 64.7 cm³/mol. The van der Waals surface area contributed by atoms with Gasteiger partial charge in [0.1, 0.15) is 16.9 Å². The van der Waals surface area contributed by atoms with Crippen LogP contribution in [-0.2, 0) is 10.0 Å². The van der Waals surface area contributed by atoms with E-state index in [-0.39, 0.29) is 16.5 Å². The average Bonchev–Trinajstić information content (AvgIpc) is 2.80. The molecule has 2 rings (SSSR count). The van der Waals surface area contributed by atoms with Crippen LogP contribution in [0, 0.1) is 0 Å². The maximum absolute atomic E-state index is 12.1. The van der Waals surface area contributed by atoms with Crippen molar-refractivity contribution in [3.05, 3.63) is 30.5 Å². The summed E-state index contributed by atoms with van der Waals surface area (Å²) in [5.41, 5.74) is 5.97. The van der Waals surface area contributed by atoms with Gasteiger partial charge >= 0.3 is 0 Å². The second-order valence-electron chi connectivity index (χ2n) is 3.40. The molecular weight excluding hydrogens is 258 g/mol. The van der Waals surface area contributed by atoms with Crippen molar-refractivity contribution in [2.24, 2.45) is 0 Å². The van der Waals surface area contributed by atoms with Gasteiger partial charge in [-0.25, -0.2) is 8.42 Å². The summed E-state index contributed by atoms with van der Waals surface area (Å²) >= 11 is 0. The topological polar surface area (TPSA) is 107 Å². The van der Waals surface area contributed by atoms with Gasteiger partial charge in [0.05, 0.1) is 7.11 Å². The summed E-state index contributed by atoms with van der Waals surface area (Å²) in [6.45, 7) is 0. The van der Waals surface area contributed by atoms with Crippen LogP contribution in [0.5, 0.6) is 5.75 Å². The van der Waals surface area contributed by atoms with E-state index in [0.29, 0.717) is 5.69 Å². The van der Waals surface area contributed by atoms with Gasteiger partial charge in [0.15, 0.2) is 5.82 Å². The molecule has 0 saturated heterocycles. The van der Waals surface area contributed by atoms with Gasteiger partial charge in [0.2, 0.25) is 0 Å². The third-order valence-corrected chi connectivity index (χ3v) is 3.55. The highest BCUT2D eigenvalue weighted by Gasteiger charge is 2.20. The van der Waals surface area contributed by atoms with E-state index >= 15 is 0 Å². The molecule has 0 aliphatic rings. The Bertz CT molecular complexity index is 637. The smallest absolute Gasteiger partial charge is 0.266 e. The quantitative estimate of drug-likeness (QED) is 0.804. The summed E-state index contributed by atoms with van der Waals surface area (Å²) in [7, 11) is -2.43. The molecule has 1 aromatic carbocycles. The van der Waals surface area contributed by atoms with Gasteiger partial charge in [-0.05, 0) is 12.1 Å². The first-order chi connectivity index (χ1) is 8.53. The first kappa shape index (κ1) is 12.2. The number of rotatable bonds is 4. The van der Waals surface area contributed by atoms with E-state index in [2.05, 4.69) is 14.4 Å². The Morgan fingerprint density at radius 1 is 1.39 bits per heavy atom. The Hall–Kier alpha value is -2.22. The highest BCUT2D eigenvalue weighted by atomic mass is 32.2. The van der Waals surface area contributed by atoms with Gasteiger partial charge in [0, 0.05) is 17.8 Å². The van der Waals surface area contributed by atoms with E-state index in [4.69, 9.17) is 10.5 Å². The average molecular weight is 269 g/mol. The maximum Gasteiger partial charge on any atom is 0.266 e. The number of methoxy groups -OCH3 is 1. The fourth-order valence-corrected chi connectivity index (χ4v) is 2.51. The summed E-state index contributed by atoms with van der Waals surface area (Å²) in [4.78, 5) is -0.0257. The molecule has 96 valence electrons. The largest absolute Gasteiger partial charge is 0.495 e. The Morgan fingerprint density at radius 2 is 2.17 bits per heavy atom. The van der Waals surface area contributed by atoms with Crippen molar-refractivity contribution in [1.82, 2.24) is 5.16 Å². The molecule has 3 N–H and O–H groups in total. The van der Waals surface area contributed by atoms with Crippen molar-refractivity contribution in [2.75, 3.05) is 17.6 Å². The van der Waals surface area contributed by atoms with E-state index < -0.39 is 10.0 Å². The fraction of sp³-hybridized carbons (Fsp3) is 0.100. The predicted octanol–water partition coefficient (Wildman–Crippen LogP) is 1.07. The summed E-state index contributed by atoms with van der Waals surface area (Å²) < 4.78 is 35.9. The number of nitrogen functional groups attached to an aromatic ring is 1. The minimum atomic E-state index is -3.80. The first-order valence-corrected chi connectivity index (χ1v) is 6.38. The lowest BCUT2D eigenvalue weighted by Gasteiger charge is -2.10. The maximum atomic E-state index is 12.1. The highest BCUT2D eigenvalue weighted by molar-refractivity contribution is 7.92. The van der Waals surface area contributed by atoms with Gasteiger partial charge < -0.3 is 15.0 Å². The molecule has 0 fully saturated rings. The lowest BCUT2D eigenvalue weighted by atomic mass is 10.3. The molecule has 0 unspecified atom stereocenters. The van der Waals surface area contributed by atoms with Crippen molar-refractivity contribution in [2.45, 2.75) is 4.90 Å². The Kier molecular flexibility index (Phi) is 3.11. The summed E-state index contributed by atoms with van der Waals surface area (Å²) in [5, 5.41) is 3.47. The monoisotopic (exact) mass is 269 g/mol. The van der Waals surface area contributed by atoms with E-state index in [1.807, 2.05) is 0 Å². The first-order valence-electron chi connectivity index (χ1n) is 4.89. The van der Waals surface area contributed by atoms with Gasteiger partial charge in [-0.3, -0.25) is 4.72 Å². The number of hydrogen-bond acceptors (Lipinski definition) is 6. The van der Waals surface area contributed by atoms with Crippen molar-refractivity contribution >= 4 is 21.5 Å². The molecule has 1 heterocycles. The second-order valence-corrected chi connectivity index (χ2v) is 5.05. The Labute approximate surface area is 104 Å². The number of nitrogens with two attached hydrogens (primary N) is 1. The molecule has 0 aliphatic carbocycles. The molecular formula is C10H11N3O4S. The van der Waals surface area contributed by atoms with Crippen LogP contribution in [-0.4, -0.2) is 20.7 Å². The van der Waals surface area contributed by atoms with Crippen molar-refractivity contribution < 1.29 is 17.7 Å². The van der Waals surface area contributed by atoms with Crippen LogP contribution in [0.1, 0.15) is 0 Å². The van der Waals surface area contributed by atoms with E-state index in [0.717, 1.165) is 0 Å². The van der Waals surface area contributed by atoms with Gasteiger partial charge in [-0.2, -0.15) is 0 Å². The normalized spacial score (nSPS) is 11.2. The van der Waals surface area contributed by atoms with Crippen molar-refractivity contribution in [1.29, 1.82) is 0 Å². The fourth-order valence-electron chi connectivity index (χ4n) is 1.36. The summed E-state index contributed by atoms with van der Waals surface area (Å²) in [6, 6.07) is 5.65. The third kappa shape index (κ3) is 2.38.